The second-order valence-electron chi connectivity index (χ2n) is 5.47. The van der Waals surface area contributed by atoms with Crippen molar-refractivity contribution in [3.63, 3.8) is 0 Å². The molecule has 4 nitrogen and oxygen atoms in total. The van der Waals surface area contributed by atoms with Gasteiger partial charge < -0.3 is 14.8 Å². The number of pyridine rings is 1. The van der Waals surface area contributed by atoms with Gasteiger partial charge in [0.05, 0.1) is 17.4 Å². The minimum Gasteiger partial charge on any atom is -0.387 e. The fourth-order valence-corrected chi connectivity index (χ4v) is 2.45. The minimum absolute atomic E-state index is 0.134. The van der Waals surface area contributed by atoms with Crippen LogP contribution in [0.4, 0.5) is 13.2 Å². The predicted octanol–water partition coefficient (Wildman–Crippen LogP) is 3.18. The third kappa shape index (κ3) is 3.74. The zero-order valence-electron chi connectivity index (χ0n) is 12.7. The van der Waals surface area contributed by atoms with Crippen LogP contribution >= 0.6 is 0 Å². The summed E-state index contributed by atoms with van der Waals surface area (Å²) in [4.78, 5) is 4.40. The molecule has 24 heavy (non-hydrogen) atoms. The van der Waals surface area contributed by atoms with Crippen molar-refractivity contribution in [2.45, 2.75) is 18.8 Å². The van der Waals surface area contributed by atoms with E-state index in [2.05, 4.69) is 10.3 Å². The number of imidazole rings is 1. The Hall–Kier alpha value is -2.38. The summed E-state index contributed by atoms with van der Waals surface area (Å²) in [5, 5.41) is 13.1. The van der Waals surface area contributed by atoms with Gasteiger partial charge in [-0.05, 0) is 29.8 Å². The van der Waals surface area contributed by atoms with Crippen LogP contribution in [0.3, 0.4) is 0 Å². The van der Waals surface area contributed by atoms with Crippen LogP contribution in [0, 0.1) is 0 Å². The number of benzene rings is 1. The van der Waals surface area contributed by atoms with E-state index in [1.807, 2.05) is 35.0 Å². The Kier molecular flexibility index (Phi) is 4.55. The van der Waals surface area contributed by atoms with Crippen molar-refractivity contribution in [3.8, 4) is 0 Å². The van der Waals surface area contributed by atoms with Gasteiger partial charge in [-0.25, -0.2) is 4.98 Å². The number of aliphatic hydroxyl groups is 1. The molecule has 0 fully saturated rings. The molecule has 0 aliphatic carbocycles. The van der Waals surface area contributed by atoms with E-state index in [-0.39, 0.29) is 12.1 Å². The lowest BCUT2D eigenvalue weighted by Gasteiger charge is -2.14. The molecular weight excluding hydrogens is 319 g/mol. The number of aliphatic hydroxyl groups excluding tert-OH is 1. The van der Waals surface area contributed by atoms with Crippen molar-refractivity contribution in [3.05, 3.63) is 71.7 Å². The summed E-state index contributed by atoms with van der Waals surface area (Å²) in [5.41, 5.74) is 1.07. The first-order valence-corrected chi connectivity index (χ1v) is 7.42. The van der Waals surface area contributed by atoms with Gasteiger partial charge in [0.2, 0.25) is 0 Å². The number of hydrogen-bond acceptors (Lipinski definition) is 3. The van der Waals surface area contributed by atoms with Crippen molar-refractivity contribution < 1.29 is 18.3 Å². The van der Waals surface area contributed by atoms with E-state index in [4.69, 9.17) is 0 Å². The zero-order chi connectivity index (χ0) is 17.2. The van der Waals surface area contributed by atoms with E-state index >= 15 is 0 Å². The van der Waals surface area contributed by atoms with Gasteiger partial charge in [-0.3, -0.25) is 0 Å². The largest absolute Gasteiger partial charge is 0.416 e. The Morgan fingerprint density at radius 3 is 2.75 bits per heavy atom. The summed E-state index contributed by atoms with van der Waals surface area (Å²) in [6.45, 7) is 0.548. The molecule has 1 atom stereocenters. The quantitative estimate of drug-likeness (QED) is 0.753. The molecule has 0 saturated carbocycles. The Balaban J connectivity index is 1.60. The number of fused-ring (bicyclic) bond motifs is 1. The van der Waals surface area contributed by atoms with Crippen molar-refractivity contribution in [1.29, 1.82) is 0 Å². The highest BCUT2D eigenvalue weighted by molar-refractivity contribution is 5.39. The van der Waals surface area contributed by atoms with E-state index in [0.717, 1.165) is 23.5 Å². The normalized spacial score (nSPS) is 13.3. The van der Waals surface area contributed by atoms with Crippen LogP contribution in [0.5, 0.6) is 0 Å². The Bertz CT molecular complexity index is 796. The topological polar surface area (TPSA) is 49.6 Å². The first-order valence-electron chi connectivity index (χ1n) is 7.42. The molecule has 3 rings (SSSR count). The van der Waals surface area contributed by atoms with Crippen LogP contribution in [-0.4, -0.2) is 21.0 Å². The number of halogens is 3. The van der Waals surface area contributed by atoms with Crippen LogP contribution in [0.25, 0.3) is 5.65 Å². The summed E-state index contributed by atoms with van der Waals surface area (Å²) in [5.74, 6) is 0. The minimum atomic E-state index is -4.42. The SMILES string of the molecule is OC(CNCc1cn2ccccc2n1)c1cccc(C(F)(F)F)c1. The molecular formula is C17H16F3N3O. The second kappa shape index (κ2) is 6.62. The zero-order valence-corrected chi connectivity index (χ0v) is 12.7. The molecule has 0 aliphatic heterocycles. The molecule has 0 bridgehead atoms. The van der Waals surface area contributed by atoms with Gasteiger partial charge in [0.15, 0.2) is 0 Å². The fourth-order valence-electron chi connectivity index (χ4n) is 2.45. The van der Waals surface area contributed by atoms with Crippen LogP contribution in [0.2, 0.25) is 0 Å². The lowest BCUT2D eigenvalue weighted by Crippen LogP contribution is -2.21. The Morgan fingerprint density at radius 2 is 2.00 bits per heavy atom. The first-order chi connectivity index (χ1) is 11.4. The van der Waals surface area contributed by atoms with Crippen molar-refractivity contribution in [2.75, 3.05) is 6.54 Å². The molecule has 0 radical (unpaired) electrons. The highest BCUT2D eigenvalue weighted by atomic mass is 19.4. The number of nitrogens with zero attached hydrogens (tertiary/aromatic N) is 2. The van der Waals surface area contributed by atoms with Gasteiger partial charge in [-0.2, -0.15) is 13.2 Å². The third-order valence-electron chi connectivity index (χ3n) is 3.66. The van der Waals surface area contributed by atoms with Crippen LogP contribution < -0.4 is 5.32 Å². The highest BCUT2D eigenvalue weighted by Gasteiger charge is 2.30. The predicted molar refractivity (Wildman–Crippen MR) is 83.3 cm³/mol. The van der Waals surface area contributed by atoms with Gasteiger partial charge in [-0.1, -0.05) is 18.2 Å². The number of hydrogen-bond donors (Lipinski definition) is 2. The molecule has 7 heteroatoms. The van der Waals surface area contributed by atoms with E-state index in [1.165, 1.54) is 12.1 Å². The molecule has 1 unspecified atom stereocenters. The average molecular weight is 335 g/mol. The van der Waals surface area contributed by atoms with Gasteiger partial charge in [-0.15, -0.1) is 0 Å². The molecule has 126 valence electrons. The summed E-state index contributed by atoms with van der Waals surface area (Å²) < 4.78 is 40.0. The monoisotopic (exact) mass is 335 g/mol. The molecule has 1 aromatic carbocycles. The summed E-state index contributed by atoms with van der Waals surface area (Å²) in [6.07, 6.45) is -1.70. The number of aromatic nitrogens is 2. The van der Waals surface area contributed by atoms with Gasteiger partial charge in [0, 0.05) is 25.5 Å². The fraction of sp³-hybridized carbons (Fsp3) is 0.235. The highest BCUT2D eigenvalue weighted by Crippen LogP contribution is 2.30. The molecule has 0 saturated heterocycles. The van der Waals surface area contributed by atoms with Gasteiger partial charge in [0.1, 0.15) is 5.65 Å². The molecule has 0 aliphatic rings. The second-order valence-corrected chi connectivity index (χ2v) is 5.47. The van der Waals surface area contributed by atoms with Crippen molar-refractivity contribution >= 4 is 5.65 Å². The lowest BCUT2D eigenvalue weighted by molar-refractivity contribution is -0.137. The van der Waals surface area contributed by atoms with Crippen LogP contribution in [-0.2, 0) is 12.7 Å². The third-order valence-corrected chi connectivity index (χ3v) is 3.66. The maximum Gasteiger partial charge on any atom is 0.416 e. The molecule has 0 amide bonds. The molecule has 0 spiro atoms. The van der Waals surface area contributed by atoms with Crippen LogP contribution in [0.15, 0.2) is 54.9 Å². The lowest BCUT2D eigenvalue weighted by atomic mass is 10.1. The van der Waals surface area contributed by atoms with E-state index < -0.39 is 17.8 Å². The molecule has 2 N–H and O–H groups in total. The smallest absolute Gasteiger partial charge is 0.387 e. The van der Waals surface area contributed by atoms with Crippen molar-refractivity contribution in [2.24, 2.45) is 0 Å². The standard InChI is InChI=1S/C17H16F3N3O/c18-17(19,20)13-5-3-4-12(8-13)15(24)10-21-9-14-11-23-7-2-1-6-16(23)22-14/h1-8,11,15,21,24H,9-10H2. The Morgan fingerprint density at radius 1 is 1.17 bits per heavy atom. The maximum atomic E-state index is 12.7. The summed E-state index contributed by atoms with van der Waals surface area (Å²) in [7, 11) is 0. The number of nitrogens with one attached hydrogen (secondary N) is 1. The van der Waals surface area contributed by atoms with Gasteiger partial charge in [0.25, 0.3) is 0 Å². The van der Waals surface area contributed by atoms with Crippen molar-refractivity contribution in [1.82, 2.24) is 14.7 Å². The molecule has 3 aromatic rings. The van der Waals surface area contributed by atoms with E-state index in [1.54, 1.807) is 0 Å². The number of rotatable bonds is 5. The number of alkyl halides is 3. The van der Waals surface area contributed by atoms with Gasteiger partial charge >= 0.3 is 6.18 Å². The average Bonchev–Trinajstić information content (AvgIpc) is 2.97. The molecule has 2 heterocycles. The summed E-state index contributed by atoms with van der Waals surface area (Å²) in [6, 6.07) is 10.4. The maximum absolute atomic E-state index is 12.7. The van der Waals surface area contributed by atoms with E-state index in [9.17, 15) is 18.3 Å². The molecule has 2 aromatic heterocycles. The van der Waals surface area contributed by atoms with Crippen LogP contribution in [0.1, 0.15) is 22.9 Å². The summed E-state index contributed by atoms with van der Waals surface area (Å²) >= 11 is 0. The Labute approximate surface area is 136 Å². The van der Waals surface area contributed by atoms with E-state index in [0.29, 0.717) is 6.54 Å². The first kappa shape index (κ1) is 16.5.